The smallest absolute Gasteiger partial charge is 0.255 e. The average molecular weight is 559 g/mol. The van der Waals surface area contributed by atoms with E-state index in [1.807, 2.05) is 6.07 Å². The third-order valence-corrected chi connectivity index (χ3v) is 9.40. The lowest BCUT2D eigenvalue weighted by molar-refractivity contribution is -0.147. The Kier molecular flexibility index (Phi) is 6.54. The van der Waals surface area contributed by atoms with Gasteiger partial charge in [0.15, 0.2) is 11.4 Å². The minimum absolute atomic E-state index is 0.105. The van der Waals surface area contributed by atoms with E-state index in [0.717, 1.165) is 42.7 Å². The van der Waals surface area contributed by atoms with Crippen molar-refractivity contribution in [3.8, 4) is 16.9 Å². The van der Waals surface area contributed by atoms with Crippen molar-refractivity contribution in [3.05, 3.63) is 69.5 Å². The summed E-state index contributed by atoms with van der Waals surface area (Å²) in [7, 11) is 0. The first-order chi connectivity index (χ1) is 19.6. The summed E-state index contributed by atoms with van der Waals surface area (Å²) in [5.74, 6) is -6.27. The number of Topliss-reactive ketones (excluding diaryl/α,β-unsaturated/α-hetero) is 2. The van der Waals surface area contributed by atoms with Crippen LogP contribution in [0, 0.1) is 11.8 Å². The van der Waals surface area contributed by atoms with E-state index >= 15 is 0 Å². The molecule has 2 aromatic rings. The Morgan fingerprint density at radius 2 is 1.78 bits per heavy atom. The standard InChI is InChI=1S/C32H34N2O7/c1-2-17-6-5-16(15-34-9-3-4-10-34)11-21(17)20-7-8-23(35)26-22(20)13-18-12-19-14-24(36)27(31(33)40)30(39)32(19,41)29(38)25(18)28(26)37/h5-8,11,18-19,35,37,39,41H,2-4,9-10,12-15H2,1H3,(H2,33,40)/t18-,19+,32+/m1/s1. The molecule has 2 fully saturated rings. The second-order valence-corrected chi connectivity index (χ2v) is 11.7. The highest BCUT2D eigenvalue weighted by atomic mass is 16.3. The van der Waals surface area contributed by atoms with Crippen LogP contribution in [0.2, 0.25) is 0 Å². The molecule has 0 spiro atoms. The van der Waals surface area contributed by atoms with Crippen molar-refractivity contribution in [1.82, 2.24) is 4.90 Å². The van der Waals surface area contributed by atoms with Gasteiger partial charge in [-0.3, -0.25) is 19.3 Å². The minimum atomic E-state index is -2.57. The zero-order chi connectivity index (χ0) is 29.2. The molecule has 9 nitrogen and oxygen atoms in total. The van der Waals surface area contributed by atoms with Crippen molar-refractivity contribution in [1.29, 1.82) is 0 Å². The van der Waals surface area contributed by atoms with Gasteiger partial charge >= 0.3 is 0 Å². The number of phenolic OH excluding ortho intramolecular Hbond substituents is 1. The lowest BCUT2D eigenvalue weighted by Crippen LogP contribution is -2.58. The number of phenols is 1. The largest absolute Gasteiger partial charge is 0.508 e. The number of carbonyl (C=O) groups excluding carboxylic acids is 3. The van der Waals surface area contributed by atoms with Gasteiger partial charge in [0.1, 0.15) is 22.8 Å². The Labute approximate surface area is 237 Å². The number of nitrogens with two attached hydrogens (primary N) is 1. The number of rotatable bonds is 5. The molecular formula is C32H34N2O7. The van der Waals surface area contributed by atoms with Crippen LogP contribution < -0.4 is 5.73 Å². The zero-order valence-corrected chi connectivity index (χ0v) is 22.9. The fraction of sp³-hybridized carbons (Fsp3) is 0.406. The summed E-state index contributed by atoms with van der Waals surface area (Å²) in [5, 5.41) is 44.6. The predicted molar refractivity (Wildman–Crippen MR) is 151 cm³/mol. The van der Waals surface area contributed by atoms with Gasteiger partial charge in [0.25, 0.3) is 5.91 Å². The molecule has 6 N–H and O–H groups in total. The first-order valence-electron chi connectivity index (χ1n) is 14.2. The van der Waals surface area contributed by atoms with Crippen LogP contribution in [0.25, 0.3) is 16.9 Å². The fourth-order valence-corrected chi connectivity index (χ4v) is 7.35. The summed E-state index contributed by atoms with van der Waals surface area (Å²) >= 11 is 0. The molecule has 214 valence electrons. The van der Waals surface area contributed by atoms with Gasteiger partial charge in [0.05, 0.1) is 5.56 Å². The van der Waals surface area contributed by atoms with Gasteiger partial charge in [-0.15, -0.1) is 0 Å². The lowest BCUT2D eigenvalue weighted by Gasteiger charge is -2.46. The number of benzene rings is 2. The van der Waals surface area contributed by atoms with Crippen molar-refractivity contribution in [2.75, 3.05) is 13.1 Å². The van der Waals surface area contributed by atoms with Crippen LogP contribution in [0.4, 0.5) is 0 Å². The molecule has 3 atom stereocenters. The highest BCUT2D eigenvalue weighted by Gasteiger charge is 2.60. The number of aromatic hydroxyl groups is 1. The van der Waals surface area contributed by atoms with Gasteiger partial charge in [-0.2, -0.15) is 0 Å². The number of ketones is 2. The van der Waals surface area contributed by atoms with Crippen LogP contribution in [0.15, 0.2) is 47.2 Å². The summed E-state index contributed by atoms with van der Waals surface area (Å²) in [5.41, 5.74) is 6.69. The molecule has 1 aliphatic heterocycles. The second-order valence-electron chi connectivity index (χ2n) is 11.7. The van der Waals surface area contributed by atoms with Crippen LogP contribution in [-0.4, -0.2) is 61.5 Å². The van der Waals surface area contributed by atoms with Crippen LogP contribution in [0.3, 0.4) is 0 Å². The number of aliphatic hydroxyl groups excluding tert-OH is 2. The number of likely N-dealkylation sites (tertiary alicyclic amines) is 1. The molecule has 0 radical (unpaired) electrons. The fourth-order valence-electron chi connectivity index (χ4n) is 7.35. The van der Waals surface area contributed by atoms with Crippen LogP contribution in [0.5, 0.6) is 5.75 Å². The van der Waals surface area contributed by atoms with Gasteiger partial charge in [0.2, 0.25) is 5.78 Å². The monoisotopic (exact) mass is 558 g/mol. The Morgan fingerprint density at radius 1 is 1.05 bits per heavy atom. The van der Waals surface area contributed by atoms with Gasteiger partial charge in [-0.1, -0.05) is 25.1 Å². The maximum absolute atomic E-state index is 13.8. The quantitative estimate of drug-likeness (QED) is 0.350. The van der Waals surface area contributed by atoms with Crippen LogP contribution in [-0.2, 0) is 33.8 Å². The molecule has 1 heterocycles. The van der Waals surface area contributed by atoms with Crippen molar-refractivity contribution in [3.63, 3.8) is 0 Å². The molecule has 1 amide bonds. The molecule has 3 aliphatic carbocycles. The van der Waals surface area contributed by atoms with Gasteiger partial charge in [-0.05, 0) is 91.1 Å². The Bertz CT molecular complexity index is 1570. The van der Waals surface area contributed by atoms with Crippen molar-refractivity contribution in [2.24, 2.45) is 17.6 Å². The summed E-state index contributed by atoms with van der Waals surface area (Å²) in [6, 6.07) is 9.75. The number of fused-ring (bicyclic) bond motifs is 3. The van der Waals surface area contributed by atoms with E-state index in [-0.39, 0.29) is 36.1 Å². The maximum Gasteiger partial charge on any atom is 0.255 e. The number of carbonyl (C=O) groups is 3. The number of nitrogens with zero attached hydrogens (tertiary/aromatic N) is 1. The molecule has 2 aromatic carbocycles. The van der Waals surface area contributed by atoms with E-state index < -0.39 is 52.0 Å². The molecule has 1 saturated carbocycles. The molecule has 41 heavy (non-hydrogen) atoms. The third-order valence-electron chi connectivity index (χ3n) is 9.40. The molecule has 1 saturated heterocycles. The zero-order valence-electron chi connectivity index (χ0n) is 22.9. The van der Waals surface area contributed by atoms with Gasteiger partial charge < -0.3 is 26.2 Å². The molecule has 0 aromatic heterocycles. The van der Waals surface area contributed by atoms with Crippen molar-refractivity contribution >= 4 is 23.2 Å². The van der Waals surface area contributed by atoms with E-state index in [1.54, 1.807) is 0 Å². The number of aliphatic hydroxyl groups is 3. The SMILES string of the molecule is CCc1ccc(CN2CCCC2)cc1-c1ccc(O)c2c1C[C@H]1C[C@H]3CC(=O)C(C(N)=O)=C(O)[C@@]3(O)C(=O)C1=C2O. The van der Waals surface area contributed by atoms with Crippen LogP contribution in [0.1, 0.15) is 54.9 Å². The first-order valence-corrected chi connectivity index (χ1v) is 14.2. The number of amides is 1. The minimum Gasteiger partial charge on any atom is -0.508 e. The molecular weight excluding hydrogens is 524 g/mol. The second kappa shape index (κ2) is 9.85. The number of hydrogen-bond donors (Lipinski definition) is 5. The molecule has 4 aliphatic rings. The van der Waals surface area contributed by atoms with Crippen molar-refractivity contribution < 1.29 is 34.8 Å². The third kappa shape index (κ3) is 4.09. The topological polar surface area (TPSA) is 161 Å². The number of aryl methyl sites for hydroxylation is 1. The Balaban J connectivity index is 1.48. The number of primary amides is 1. The highest BCUT2D eigenvalue weighted by molar-refractivity contribution is 6.22. The van der Waals surface area contributed by atoms with Crippen LogP contribution >= 0.6 is 0 Å². The van der Waals surface area contributed by atoms with E-state index in [2.05, 4.69) is 30.0 Å². The Morgan fingerprint density at radius 3 is 2.46 bits per heavy atom. The summed E-state index contributed by atoms with van der Waals surface area (Å²) in [6.07, 6.45) is 3.20. The van der Waals surface area contributed by atoms with E-state index in [1.165, 1.54) is 24.5 Å². The molecule has 0 unspecified atom stereocenters. The Hall–Kier alpha value is -3.95. The maximum atomic E-state index is 13.8. The highest BCUT2D eigenvalue weighted by Crippen LogP contribution is 2.53. The predicted octanol–water partition coefficient (Wildman–Crippen LogP) is 3.25. The number of hydrogen-bond acceptors (Lipinski definition) is 8. The lowest BCUT2D eigenvalue weighted by atomic mass is 9.59. The van der Waals surface area contributed by atoms with Gasteiger partial charge in [0, 0.05) is 24.5 Å². The first kappa shape index (κ1) is 27.2. The molecule has 9 heteroatoms. The molecule has 6 rings (SSSR count). The average Bonchev–Trinajstić information content (AvgIpc) is 3.44. The summed E-state index contributed by atoms with van der Waals surface area (Å²) < 4.78 is 0. The van der Waals surface area contributed by atoms with Crippen molar-refractivity contribution in [2.45, 2.75) is 57.6 Å². The van der Waals surface area contributed by atoms with Gasteiger partial charge in [-0.25, -0.2) is 0 Å². The summed E-state index contributed by atoms with van der Waals surface area (Å²) in [4.78, 5) is 40.7. The van der Waals surface area contributed by atoms with E-state index in [4.69, 9.17) is 5.73 Å². The normalized spacial score (nSPS) is 26.2. The summed E-state index contributed by atoms with van der Waals surface area (Å²) in [6.45, 7) is 5.04. The molecule has 0 bridgehead atoms. The van der Waals surface area contributed by atoms with E-state index in [0.29, 0.717) is 5.56 Å². The van der Waals surface area contributed by atoms with E-state index in [9.17, 15) is 34.8 Å².